The first-order valence-electron chi connectivity index (χ1n) is 1.19. The van der Waals surface area contributed by atoms with Crippen LogP contribution in [0.5, 0.6) is 0 Å². The molecule has 0 rings (SSSR count). The number of rotatable bonds is 1. The fourth-order valence-corrected chi connectivity index (χ4v) is 0. The number of aliphatic carboxylic acids is 1. The molecular formula is C2H7NO3Zn. The third-order valence-corrected chi connectivity index (χ3v) is 0.175. The Balaban J connectivity index is -0.0000000800. The summed E-state index contributed by atoms with van der Waals surface area (Å²) >= 11 is 0. The maximum atomic E-state index is 9.24. The van der Waals surface area contributed by atoms with Gasteiger partial charge in [0.2, 0.25) is 0 Å². The average Bonchev–Trinajstić information content (AvgIpc) is 1.38. The van der Waals surface area contributed by atoms with Crippen molar-refractivity contribution in [2.24, 2.45) is 5.73 Å². The maximum absolute atomic E-state index is 9.24. The van der Waals surface area contributed by atoms with E-state index in [1.165, 1.54) is 0 Å². The van der Waals surface area contributed by atoms with Crippen molar-refractivity contribution < 1.29 is 34.9 Å². The van der Waals surface area contributed by atoms with Crippen LogP contribution < -0.4 is 5.73 Å². The second kappa shape index (κ2) is 9.38. The maximum Gasteiger partial charge on any atom is 0.317 e. The van der Waals surface area contributed by atoms with E-state index >= 15 is 0 Å². The van der Waals surface area contributed by atoms with Crippen molar-refractivity contribution in [3.63, 3.8) is 0 Å². The molecule has 0 saturated heterocycles. The molecule has 0 aromatic heterocycles. The SMILES string of the molecule is NCC(=O)O.O.[Zn]. The Labute approximate surface area is 53.8 Å². The fraction of sp³-hybridized carbons (Fsp3) is 0.500. The van der Waals surface area contributed by atoms with Crippen LogP contribution in [0.4, 0.5) is 0 Å². The third kappa shape index (κ3) is 23.9. The normalized spacial score (nSPS) is 5.29. The molecule has 0 aliphatic heterocycles. The van der Waals surface area contributed by atoms with Gasteiger partial charge in [0.15, 0.2) is 0 Å². The van der Waals surface area contributed by atoms with E-state index < -0.39 is 5.97 Å². The van der Waals surface area contributed by atoms with Gasteiger partial charge in [-0.25, -0.2) is 0 Å². The predicted molar refractivity (Wildman–Crippen MR) is 20.3 cm³/mol. The van der Waals surface area contributed by atoms with Gasteiger partial charge in [-0.05, 0) is 0 Å². The van der Waals surface area contributed by atoms with Crippen LogP contribution in [0.25, 0.3) is 0 Å². The summed E-state index contributed by atoms with van der Waals surface area (Å²) in [5, 5.41) is 7.60. The number of carboxylic acids is 1. The number of carbonyl (C=O) groups is 1. The number of hydrogen-bond acceptors (Lipinski definition) is 2. The van der Waals surface area contributed by atoms with E-state index in [0.29, 0.717) is 0 Å². The van der Waals surface area contributed by atoms with Gasteiger partial charge in [-0.15, -0.1) is 0 Å². The Morgan fingerprint density at radius 1 is 1.71 bits per heavy atom. The minimum Gasteiger partial charge on any atom is -0.480 e. The quantitative estimate of drug-likeness (QED) is 0.441. The van der Waals surface area contributed by atoms with E-state index in [0.717, 1.165) is 0 Å². The topological polar surface area (TPSA) is 94.8 Å². The molecule has 0 radical (unpaired) electrons. The van der Waals surface area contributed by atoms with Crippen molar-refractivity contribution in [3.05, 3.63) is 0 Å². The molecule has 0 aromatic rings. The molecule has 0 amide bonds. The fourth-order valence-electron chi connectivity index (χ4n) is 0. The van der Waals surface area contributed by atoms with E-state index in [2.05, 4.69) is 5.73 Å². The molecule has 0 heterocycles. The first-order valence-corrected chi connectivity index (χ1v) is 1.19. The van der Waals surface area contributed by atoms with Crippen LogP contribution in [0.1, 0.15) is 0 Å². The minimum atomic E-state index is -0.968. The summed E-state index contributed by atoms with van der Waals surface area (Å²) in [4.78, 5) is 9.24. The van der Waals surface area contributed by atoms with Crippen LogP contribution >= 0.6 is 0 Å². The summed E-state index contributed by atoms with van der Waals surface area (Å²) in [6.45, 7) is -0.278. The zero-order chi connectivity index (χ0) is 4.28. The standard InChI is InChI=1S/C2H5NO2.H2O.Zn/c3-1-2(4)5;;/h1,3H2,(H,4,5);1H2;. The zero-order valence-electron chi connectivity index (χ0n) is 3.85. The predicted octanol–water partition coefficient (Wildman–Crippen LogP) is -1.80. The summed E-state index contributed by atoms with van der Waals surface area (Å²) in [5.41, 5.74) is 4.57. The Morgan fingerprint density at radius 2 is 1.86 bits per heavy atom. The minimum absolute atomic E-state index is 0. The van der Waals surface area contributed by atoms with Crippen LogP contribution in [0.15, 0.2) is 0 Å². The number of hydrogen-bond donors (Lipinski definition) is 2. The summed E-state index contributed by atoms with van der Waals surface area (Å²) in [6, 6.07) is 0. The summed E-state index contributed by atoms with van der Waals surface area (Å²) < 4.78 is 0. The number of nitrogens with two attached hydrogens (primary N) is 1. The van der Waals surface area contributed by atoms with Gasteiger partial charge in [-0.2, -0.15) is 0 Å². The first-order chi connectivity index (χ1) is 2.27. The Morgan fingerprint density at radius 3 is 1.86 bits per heavy atom. The molecule has 0 unspecified atom stereocenters. The van der Waals surface area contributed by atoms with Gasteiger partial charge in [0, 0.05) is 19.5 Å². The molecule has 5 heteroatoms. The van der Waals surface area contributed by atoms with Crippen LogP contribution in [0.2, 0.25) is 0 Å². The summed E-state index contributed by atoms with van der Waals surface area (Å²) in [6.07, 6.45) is 0. The van der Waals surface area contributed by atoms with E-state index in [1.807, 2.05) is 0 Å². The summed E-state index contributed by atoms with van der Waals surface area (Å²) in [7, 11) is 0. The molecule has 0 aliphatic rings. The molecule has 0 spiro atoms. The molecule has 0 saturated carbocycles. The molecule has 4 nitrogen and oxygen atoms in total. The van der Waals surface area contributed by atoms with Crippen molar-refractivity contribution in [1.29, 1.82) is 0 Å². The zero-order valence-corrected chi connectivity index (χ0v) is 6.81. The second-order valence-corrected chi connectivity index (χ2v) is 0.598. The first kappa shape index (κ1) is 15.7. The van der Waals surface area contributed by atoms with Crippen molar-refractivity contribution in [1.82, 2.24) is 0 Å². The van der Waals surface area contributed by atoms with Crippen molar-refractivity contribution >= 4 is 5.97 Å². The van der Waals surface area contributed by atoms with Crippen LogP contribution in [-0.4, -0.2) is 23.1 Å². The largest absolute Gasteiger partial charge is 0.480 e. The van der Waals surface area contributed by atoms with Crippen molar-refractivity contribution in [2.45, 2.75) is 0 Å². The van der Waals surface area contributed by atoms with E-state index in [4.69, 9.17) is 5.11 Å². The van der Waals surface area contributed by atoms with Gasteiger partial charge >= 0.3 is 5.97 Å². The van der Waals surface area contributed by atoms with Crippen molar-refractivity contribution in [2.75, 3.05) is 6.54 Å². The van der Waals surface area contributed by atoms with Gasteiger partial charge in [0.1, 0.15) is 0 Å². The van der Waals surface area contributed by atoms with Gasteiger partial charge < -0.3 is 16.3 Å². The molecule has 0 aromatic carbocycles. The van der Waals surface area contributed by atoms with E-state index in [1.54, 1.807) is 0 Å². The molecule has 0 bridgehead atoms. The second-order valence-electron chi connectivity index (χ2n) is 0.598. The Hall–Kier alpha value is 0.0134. The van der Waals surface area contributed by atoms with Gasteiger partial charge in [0.25, 0.3) is 0 Å². The molecular weight excluding hydrogens is 151 g/mol. The Bertz CT molecular complexity index is 48.2. The molecule has 7 heavy (non-hydrogen) atoms. The number of carboxylic acid groups (broad SMARTS) is 1. The van der Waals surface area contributed by atoms with E-state index in [9.17, 15) is 4.79 Å². The summed E-state index contributed by atoms with van der Waals surface area (Å²) in [5.74, 6) is -0.968. The van der Waals surface area contributed by atoms with Gasteiger partial charge in [0.05, 0.1) is 6.54 Å². The molecule has 0 aliphatic carbocycles. The van der Waals surface area contributed by atoms with E-state index in [-0.39, 0.29) is 31.5 Å². The average molecular weight is 158 g/mol. The third-order valence-electron chi connectivity index (χ3n) is 0.175. The Kier molecular flexibility index (Phi) is 21.1. The van der Waals surface area contributed by atoms with Gasteiger partial charge in [-0.1, -0.05) is 0 Å². The van der Waals surface area contributed by atoms with Crippen molar-refractivity contribution in [3.8, 4) is 0 Å². The van der Waals surface area contributed by atoms with Gasteiger partial charge in [-0.3, -0.25) is 4.79 Å². The molecule has 5 N–H and O–H groups in total. The molecule has 0 fully saturated rings. The molecule has 0 atom stereocenters. The van der Waals surface area contributed by atoms with Crippen LogP contribution in [-0.2, 0) is 24.3 Å². The molecule has 40 valence electrons. The van der Waals surface area contributed by atoms with Crippen LogP contribution in [0.3, 0.4) is 0 Å². The van der Waals surface area contributed by atoms with Crippen LogP contribution in [0, 0.1) is 0 Å². The monoisotopic (exact) mass is 157 g/mol. The smallest absolute Gasteiger partial charge is 0.317 e.